The maximum absolute atomic E-state index is 12.9. The Kier molecular flexibility index (Phi) is 7.86. The van der Waals surface area contributed by atoms with Crippen LogP contribution >= 0.6 is 11.3 Å². The SMILES string of the molecule is CCOC(=O)c1ncsc1C=C(CNC(=O)OCC1c2ccccc2-c2ccccc21)B1OC(C)(C)C(C)(C)O1. The van der Waals surface area contributed by atoms with Crippen LogP contribution in [-0.2, 0) is 18.8 Å². The Hall–Kier alpha value is -3.47. The third-order valence-electron chi connectivity index (χ3n) is 7.72. The van der Waals surface area contributed by atoms with Crippen LogP contribution in [0.25, 0.3) is 17.2 Å². The quantitative estimate of drug-likeness (QED) is 0.272. The molecule has 1 fully saturated rings. The molecule has 10 heteroatoms. The lowest BCUT2D eigenvalue weighted by Gasteiger charge is -2.32. The van der Waals surface area contributed by atoms with Gasteiger partial charge in [-0.15, -0.1) is 11.3 Å². The average molecular weight is 560 g/mol. The summed E-state index contributed by atoms with van der Waals surface area (Å²) in [6.07, 6.45) is 1.22. The van der Waals surface area contributed by atoms with Crippen molar-refractivity contribution in [1.29, 1.82) is 0 Å². The summed E-state index contributed by atoms with van der Waals surface area (Å²) in [4.78, 5) is 30.1. The van der Waals surface area contributed by atoms with Gasteiger partial charge in [0.15, 0.2) is 5.69 Å². The summed E-state index contributed by atoms with van der Waals surface area (Å²) in [6.45, 7) is 10.1. The number of nitrogens with zero attached hydrogens (tertiary/aromatic N) is 1. The third kappa shape index (κ3) is 5.43. The second kappa shape index (κ2) is 11.2. The number of thiazole rings is 1. The van der Waals surface area contributed by atoms with Crippen molar-refractivity contribution in [3.05, 3.63) is 81.2 Å². The predicted molar refractivity (Wildman–Crippen MR) is 155 cm³/mol. The first-order chi connectivity index (χ1) is 19.1. The van der Waals surface area contributed by atoms with Crippen molar-refractivity contribution in [3.63, 3.8) is 0 Å². The van der Waals surface area contributed by atoms with E-state index in [0.717, 1.165) is 11.1 Å². The molecule has 8 nitrogen and oxygen atoms in total. The Balaban J connectivity index is 1.32. The molecule has 1 aromatic heterocycles. The molecule has 0 spiro atoms. The molecule has 0 atom stereocenters. The molecule has 0 saturated carbocycles. The van der Waals surface area contributed by atoms with Crippen molar-refractivity contribution in [1.82, 2.24) is 10.3 Å². The van der Waals surface area contributed by atoms with E-state index < -0.39 is 30.4 Å². The average Bonchev–Trinajstić information content (AvgIpc) is 3.57. The van der Waals surface area contributed by atoms with Gasteiger partial charge in [0, 0.05) is 12.5 Å². The van der Waals surface area contributed by atoms with E-state index in [9.17, 15) is 9.59 Å². The number of carbonyl (C=O) groups is 2. The highest BCUT2D eigenvalue weighted by atomic mass is 32.1. The molecule has 2 aliphatic rings. The Labute approximate surface area is 238 Å². The third-order valence-corrected chi connectivity index (χ3v) is 8.49. The van der Waals surface area contributed by atoms with Gasteiger partial charge in [0.1, 0.15) is 6.61 Å². The number of hydrogen-bond acceptors (Lipinski definition) is 8. The van der Waals surface area contributed by atoms with Crippen LogP contribution in [0.4, 0.5) is 4.79 Å². The summed E-state index contributed by atoms with van der Waals surface area (Å²) in [5.41, 5.74) is 5.87. The van der Waals surface area contributed by atoms with Crippen LogP contribution in [0.15, 0.2) is 59.5 Å². The molecular formula is C30H33BN2O6S. The molecule has 0 bridgehead atoms. The summed E-state index contributed by atoms with van der Waals surface area (Å²) in [5, 5.41) is 2.85. The molecule has 1 aliphatic heterocycles. The van der Waals surface area contributed by atoms with Crippen molar-refractivity contribution < 1.29 is 28.4 Å². The van der Waals surface area contributed by atoms with Gasteiger partial charge >= 0.3 is 19.2 Å². The fourth-order valence-electron chi connectivity index (χ4n) is 4.90. The number of fused-ring (bicyclic) bond motifs is 3. The second-order valence-corrected chi connectivity index (χ2v) is 11.7. The van der Waals surface area contributed by atoms with Gasteiger partial charge in [0.25, 0.3) is 0 Å². The first kappa shape index (κ1) is 28.1. The normalized spacial score (nSPS) is 17.3. The van der Waals surface area contributed by atoms with E-state index in [1.165, 1.54) is 22.5 Å². The maximum atomic E-state index is 12.9. The van der Waals surface area contributed by atoms with Crippen molar-refractivity contribution in [3.8, 4) is 11.1 Å². The molecular weight excluding hydrogens is 527 g/mol. The number of hydrogen-bond donors (Lipinski definition) is 1. The molecule has 40 heavy (non-hydrogen) atoms. The van der Waals surface area contributed by atoms with Crippen LogP contribution in [0.1, 0.15) is 67.0 Å². The minimum atomic E-state index is -0.740. The van der Waals surface area contributed by atoms with Crippen LogP contribution in [0, 0.1) is 0 Å². The van der Waals surface area contributed by atoms with E-state index in [4.69, 9.17) is 18.8 Å². The predicted octanol–water partition coefficient (Wildman–Crippen LogP) is 5.87. The molecule has 2 aromatic carbocycles. The van der Waals surface area contributed by atoms with Crippen LogP contribution in [0.3, 0.4) is 0 Å². The number of aromatic nitrogens is 1. The zero-order valence-electron chi connectivity index (χ0n) is 23.4. The number of amides is 1. The molecule has 1 N–H and O–H groups in total. The maximum Gasteiger partial charge on any atom is 0.492 e. The number of ether oxygens (including phenoxy) is 2. The summed E-state index contributed by atoms with van der Waals surface area (Å²) in [7, 11) is -0.740. The van der Waals surface area contributed by atoms with Gasteiger partial charge in [0.05, 0.1) is 28.2 Å². The van der Waals surface area contributed by atoms with Crippen LogP contribution in [0.5, 0.6) is 0 Å². The van der Waals surface area contributed by atoms with Crippen molar-refractivity contribution in [2.24, 2.45) is 0 Å². The topological polar surface area (TPSA) is 96.0 Å². The molecule has 208 valence electrons. The fourth-order valence-corrected chi connectivity index (χ4v) is 5.64. The second-order valence-electron chi connectivity index (χ2n) is 10.8. The number of alkyl carbamates (subject to hydrolysis) is 1. The first-order valence-electron chi connectivity index (χ1n) is 13.4. The molecule has 5 rings (SSSR count). The van der Waals surface area contributed by atoms with E-state index in [-0.39, 0.29) is 31.4 Å². The molecule has 3 aromatic rings. The Morgan fingerprint density at radius 2 is 1.60 bits per heavy atom. The Bertz CT molecular complexity index is 1390. The molecule has 1 saturated heterocycles. The van der Waals surface area contributed by atoms with Gasteiger partial charge in [-0.1, -0.05) is 48.5 Å². The fraction of sp³-hybridized carbons (Fsp3) is 0.367. The highest BCUT2D eigenvalue weighted by Gasteiger charge is 2.52. The molecule has 1 amide bonds. The number of rotatable bonds is 8. The summed E-state index contributed by atoms with van der Waals surface area (Å²) in [6, 6.07) is 16.4. The number of carbonyl (C=O) groups excluding carboxylic acids is 2. The molecule has 0 unspecified atom stereocenters. The van der Waals surface area contributed by atoms with E-state index in [2.05, 4.69) is 34.6 Å². The minimum absolute atomic E-state index is 0.0411. The van der Waals surface area contributed by atoms with Gasteiger partial charge in [-0.2, -0.15) is 0 Å². The van der Waals surface area contributed by atoms with Crippen molar-refractivity contribution in [2.75, 3.05) is 19.8 Å². The van der Waals surface area contributed by atoms with Crippen LogP contribution in [0.2, 0.25) is 0 Å². The summed E-state index contributed by atoms with van der Waals surface area (Å²) < 4.78 is 23.4. The molecule has 1 aliphatic carbocycles. The lowest BCUT2D eigenvalue weighted by Crippen LogP contribution is -2.41. The largest absolute Gasteiger partial charge is 0.492 e. The van der Waals surface area contributed by atoms with Crippen molar-refractivity contribution in [2.45, 2.75) is 51.7 Å². The lowest BCUT2D eigenvalue weighted by atomic mass is 9.77. The number of nitrogens with one attached hydrogen (secondary N) is 1. The van der Waals surface area contributed by atoms with E-state index >= 15 is 0 Å². The molecule has 2 heterocycles. The number of benzene rings is 2. The Morgan fingerprint density at radius 3 is 2.20 bits per heavy atom. The zero-order valence-corrected chi connectivity index (χ0v) is 24.2. The summed E-state index contributed by atoms with van der Waals surface area (Å²) >= 11 is 1.30. The van der Waals surface area contributed by atoms with Gasteiger partial charge in [-0.25, -0.2) is 14.6 Å². The zero-order chi connectivity index (χ0) is 28.5. The smallest absolute Gasteiger partial charge is 0.461 e. The van der Waals surface area contributed by atoms with Gasteiger partial charge < -0.3 is 24.1 Å². The van der Waals surface area contributed by atoms with Crippen LogP contribution in [-0.4, -0.2) is 55.1 Å². The first-order valence-corrected chi connectivity index (χ1v) is 14.2. The standard InChI is InChI=1S/C30H33BN2O6S/c1-6-36-27(34)26-25(40-18-33-26)15-19(31-38-29(2,3)30(4,5)39-31)16-32-28(35)37-17-24-22-13-9-7-11-20(22)21-12-8-10-14-23(21)24/h7-15,18,24H,6,16-17H2,1-5H3,(H,32,35). The summed E-state index contributed by atoms with van der Waals surface area (Å²) in [5.74, 6) is -0.548. The lowest BCUT2D eigenvalue weighted by molar-refractivity contribution is 0.00578. The van der Waals surface area contributed by atoms with Gasteiger partial charge in [0.2, 0.25) is 0 Å². The minimum Gasteiger partial charge on any atom is -0.461 e. The van der Waals surface area contributed by atoms with E-state index in [0.29, 0.717) is 10.3 Å². The van der Waals surface area contributed by atoms with Crippen LogP contribution < -0.4 is 5.32 Å². The Morgan fingerprint density at radius 1 is 1.00 bits per heavy atom. The number of esters is 1. The molecule has 0 radical (unpaired) electrons. The monoisotopic (exact) mass is 560 g/mol. The highest BCUT2D eigenvalue weighted by molar-refractivity contribution is 7.11. The van der Waals surface area contributed by atoms with Gasteiger partial charge in [-0.3, -0.25) is 0 Å². The van der Waals surface area contributed by atoms with Gasteiger partial charge in [-0.05, 0) is 68.4 Å². The van der Waals surface area contributed by atoms with Crippen molar-refractivity contribution >= 4 is 36.6 Å². The highest BCUT2D eigenvalue weighted by Crippen LogP contribution is 2.44. The van der Waals surface area contributed by atoms with E-state index in [1.54, 1.807) is 18.5 Å². The van der Waals surface area contributed by atoms with E-state index in [1.807, 2.05) is 52.0 Å².